The zero-order valence-electron chi connectivity index (χ0n) is 15.5. The van der Waals surface area contributed by atoms with Gasteiger partial charge in [-0.3, -0.25) is 9.59 Å². The third-order valence-electron chi connectivity index (χ3n) is 5.42. The van der Waals surface area contributed by atoms with E-state index in [9.17, 15) is 14.0 Å². The molecule has 2 atom stereocenters. The number of amides is 2. The van der Waals surface area contributed by atoms with Crippen molar-refractivity contribution in [2.24, 2.45) is 5.92 Å². The van der Waals surface area contributed by atoms with Crippen molar-refractivity contribution in [3.8, 4) is 0 Å². The van der Waals surface area contributed by atoms with E-state index in [-0.39, 0.29) is 35.4 Å². The molecule has 6 nitrogen and oxygen atoms in total. The smallest absolute Gasteiger partial charge is 0.289 e. The van der Waals surface area contributed by atoms with Gasteiger partial charge in [-0.25, -0.2) is 9.37 Å². The molecule has 4 heterocycles. The summed E-state index contributed by atoms with van der Waals surface area (Å²) in [5, 5.41) is 0. The van der Waals surface area contributed by atoms with Crippen LogP contribution in [0.1, 0.15) is 37.3 Å². The van der Waals surface area contributed by atoms with Crippen LogP contribution in [-0.4, -0.2) is 57.3 Å². The predicted octanol–water partition coefficient (Wildman–Crippen LogP) is 2.73. The van der Waals surface area contributed by atoms with E-state index in [4.69, 9.17) is 0 Å². The minimum atomic E-state index is -0.376. The maximum atomic E-state index is 13.4. The van der Waals surface area contributed by atoms with Gasteiger partial charge in [0.1, 0.15) is 5.82 Å². The zero-order chi connectivity index (χ0) is 19.1. The fourth-order valence-electron chi connectivity index (χ4n) is 3.96. The summed E-state index contributed by atoms with van der Waals surface area (Å²) in [6.45, 7) is 5.53. The lowest BCUT2D eigenvalue weighted by Crippen LogP contribution is -2.48. The zero-order valence-corrected chi connectivity index (χ0v) is 15.5. The summed E-state index contributed by atoms with van der Waals surface area (Å²) in [6.07, 6.45) is 3.77. The fourth-order valence-corrected chi connectivity index (χ4v) is 3.96. The second kappa shape index (κ2) is 6.79. The number of imidazole rings is 1. The number of hydrogen-bond acceptors (Lipinski definition) is 3. The van der Waals surface area contributed by atoms with Gasteiger partial charge in [0.25, 0.3) is 5.91 Å². The predicted molar refractivity (Wildman–Crippen MR) is 99.6 cm³/mol. The monoisotopic (exact) mass is 370 g/mol. The van der Waals surface area contributed by atoms with Crippen molar-refractivity contribution in [1.82, 2.24) is 19.8 Å². The number of carbonyl (C=O) groups is 2. The van der Waals surface area contributed by atoms with Gasteiger partial charge in [-0.15, -0.1) is 0 Å². The quantitative estimate of drug-likeness (QED) is 0.845. The van der Waals surface area contributed by atoms with Crippen LogP contribution in [0.5, 0.6) is 0 Å². The molecule has 0 radical (unpaired) electrons. The number of benzene rings is 1. The second-order valence-electron chi connectivity index (χ2n) is 7.66. The van der Waals surface area contributed by atoms with Crippen molar-refractivity contribution in [2.45, 2.75) is 32.7 Å². The Bertz CT molecular complexity index is 931. The van der Waals surface area contributed by atoms with Crippen LogP contribution in [0.3, 0.4) is 0 Å². The summed E-state index contributed by atoms with van der Waals surface area (Å²) in [6, 6.07) is 4.23. The van der Waals surface area contributed by atoms with Gasteiger partial charge in [0, 0.05) is 25.7 Å². The molecule has 2 bridgehead atoms. The first kappa shape index (κ1) is 17.7. The molecule has 5 rings (SSSR count). The maximum absolute atomic E-state index is 13.4. The van der Waals surface area contributed by atoms with Gasteiger partial charge in [-0.2, -0.15) is 0 Å². The summed E-state index contributed by atoms with van der Waals surface area (Å²) < 4.78 is 13.4. The van der Waals surface area contributed by atoms with Gasteiger partial charge in [-0.1, -0.05) is 11.6 Å². The number of H-pyrrole nitrogens is 1. The van der Waals surface area contributed by atoms with Crippen molar-refractivity contribution in [1.29, 1.82) is 0 Å². The van der Waals surface area contributed by atoms with Crippen LogP contribution in [0.15, 0.2) is 29.8 Å². The molecule has 0 spiro atoms. The van der Waals surface area contributed by atoms with Crippen LogP contribution in [0.4, 0.5) is 4.39 Å². The molecule has 0 saturated carbocycles. The van der Waals surface area contributed by atoms with E-state index in [2.05, 4.69) is 16.0 Å². The first-order chi connectivity index (χ1) is 12.9. The highest BCUT2D eigenvalue weighted by molar-refractivity contribution is 5.95. The molecule has 3 saturated heterocycles. The Morgan fingerprint density at radius 1 is 1.33 bits per heavy atom. The SMILES string of the molecule is CC(C)=CCN1C(=O)C2CCC1CN(C(=O)c1nc3ccc(F)cc3[nH]1)C2. The minimum absolute atomic E-state index is 0.0256. The normalized spacial score (nSPS) is 22.3. The number of fused-ring (bicyclic) bond motifs is 5. The van der Waals surface area contributed by atoms with Gasteiger partial charge in [0.05, 0.1) is 17.0 Å². The summed E-state index contributed by atoms with van der Waals surface area (Å²) in [5.41, 5.74) is 2.22. The third kappa shape index (κ3) is 3.34. The third-order valence-corrected chi connectivity index (χ3v) is 5.42. The van der Waals surface area contributed by atoms with E-state index in [1.807, 2.05) is 18.7 Å². The van der Waals surface area contributed by atoms with Crippen molar-refractivity contribution in [3.05, 3.63) is 41.5 Å². The average Bonchev–Trinajstić information content (AvgIpc) is 2.85. The van der Waals surface area contributed by atoms with Crippen LogP contribution in [0, 0.1) is 11.7 Å². The van der Waals surface area contributed by atoms with Gasteiger partial charge < -0.3 is 14.8 Å². The number of carbonyl (C=O) groups excluding carboxylic acids is 2. The Kier molecular flexibility index (Phi) is 4.45. The highest BCUT2D eigenvalue weighted by atomic mass is 19.1. The molecule has 1 aromatic heterocycles. The Hall–Kier alpha value is -2.70. The molecule has 1 N–H and O–H groups in total. The van der Waals surface area contributed by atoms with Crippen LogP contribution < -0.4 is 0 Å². The van der Waals surface area contributed by atoms with E-state index in [0.29, 0.717) is 30.7 Å². The van der Waals surface area contributed by atoms with Crippen molar-refractivity contribution in [2.75, 3.05) is 19.6 Å². The molecule has 0 aliphatic carbocycles. The van der Waals surface area contributed by atoms with E-state index in [1.54, 1.807) is 11.0 Å². The van der Waals surface area contributed by atoms with Crippen molar-refractivity contribution < 1.29 is 14.0 Å². The Morgan fingerprint density at radius 2 is 2.15 bits per heavy atom. The number of nitrogens with one attached hydrogen (secondary N) is 1. The number of nitrogens with zero attached hydrogens (tertiary/aromatic N) is 3. The standard InChI is InChI=1S/C20H23FN4O2/c1-12(2)7-8-25-15-5-3-13(19(25)26)10-24(11-15)20(27)18-22-16-6-4-14(21)9-17(16)23-18/h4,6-7,9,13,15H,3,5,8,10-11H2,1-2H3,(H,22,23). The topological polar surface area (TPSA) is 69.3 Å². The highest BCUT2D eigenvalue weighted by Crippen LogP contribution is 2.30. The molecule has 3 aliphatic rings. The molecule has 3 fully saturated rings. The molecular formula is C20H23FN4O2. The molecule has 7 heteroatoms. The number of allylic oxidation sites excluding steroid dienone is 1. The minimum Gasteiger partial charge on any atom is -0.334 e. The average molecular weight is 370 g/mol. The summed E-state index contributed by atoms with van der Waals surface area (Å²) in [4.78, 5) is 36.6. The number of aromatic amines is 1. The molecule has 2 amide bonds. The van der Waals surface area contributed by atoms with Crippen molar-refractivity contribution >= 4 is 22.8 Å². The molecule has 142 valence electrons. The van der Waals surface area contributed by atoms with Crippen LogP contribution >= 0.6 is 0 Å². The van der Waals surface area contributed by atoms with Crippen LogP contribution in [0.2, 0.25) is 0 Å². The lowest BCUT2D eigenvalue weighted by molar-refractivity contribution is -0.139. The number of hydrogen-bond donors (Lipinski definition) is 1. The van der Waals surface area contributed by atoms with Gasteiger partial charge in [-0.05, 0) is 44.9 Å². The van der Waals surface area contributed by atoms with Gasteiger partial charge >= 0.3 is 0 Å². The largest absolute Gasteiger partial charge is 0.334 e. The number of halogens is 1. The van der Waals surface area contributed by atoms with Crippen LogP contribution in [-0.2, 0) is 4.79 Å². The molecule has 27 heavy (non-hydrogen) atoms. The van der Waals surface area contributed by atoms with E-state index in [1.165, 1.54) is 17.7 Å². The van der Waals surface area contributed by atoms with E-state index >= 15 is 0 Å². The van der Waals surface area contributed by atoms with Crippen molar-refractivity contribution in [3.63, 3.8) is 0 Å². The fraction of sp³-hybridized carbons (Fsp3) is 0.450. The molecule has 3 aliphatic heterocycles. The number of aromatic nitrogens is 2. The second-order valence-corrected chi connectivity index (χ2v) is 7.66. The Morgan fingerprint density at radius 3 is 2.93 bits per heavy atom. The van der Waals surface area contributed by atoms with E-state index in [0.717, 1.165) is 12.8 Å². The maximum Gasteiger partial charge on any atom is 0.289 e. The summed E-state index contributed by atoms with van der Waals surface area (Å²) in [7, 11) is 0. The molecule has 1 aromatic carbocycles. The Labute approximate surface area is 157 Å². The van der Waals surface area contributed by atoms with Crippen LogP contribution in [0.25, 0.3) is 11.0 Å². The van der Waals surface area contributed by atoms with Gasteiger partial charge in [0.15, 0.2) is 5.82 Å². The Balaban J connectivity index is 1.58. The number of piperidine rings is 1. The van der Waals surface area contributed by atoms with Gasteiger partial charge in [0.2, 0.25) is 5.91 Å². The molecule has 2 unspecified atom stereocenters. The molecule has 2 aromatic rings. The lowest BCUT2D eigenvalue weighted by Gasteiger charge is -2.35. The first-order valence-corrected chi connectivity index (χ1v) is 9.31. The lowest BCUT2D eigenvalue weighted by atomic mass is 9.94. The summed E-state index contributed by atoms with van der Waals surface area (Å²) in [5.74, 6) is -0.454. The molecular weight excluding hydrogens is 347 g/mol. The first-order valence-electron chi connectivity index (χ1n) is 9.31. The number of rotatable bonds is 3. The van der Waals surface area contributed by atoms with E-state index < -0.39 is 0 Å². The highest BCUT2D eigenvalue weighted by Gasteiger charge is 2.42. The summed E-state index contributed by atoms with van der Waals surface area (Å²) >= 11 is 0.